The lowest BCUT2D eigenvalue weighted by molar-refractivity contribution is -0.131. The smallest absolute Gasteiger partial charge is 0.253 e. The molecule has 0 aromatic carbocycles. The minimum Gasteiger partial charge on any atom is -0.349 e. The van der Waals surface area contributed by atoms with Gasteiger partial charge in [-0.1, -0.05) is 6.08 Å². The Hall–Kier alpha value is -2.17. The summed E-state index contributed by atoms with van der Waals surface area (Å²) in [6.07, 6.45) is 10.4. The van der Waals surface area contributed by atoms with Crippen LogP contribution in [0.5, 0.6) is 0 Å². The van der Waals surface area contributed by atoms with Crippen molar-refractivity contribution in [1.29, 1.82) is 0 Å². The Morgan fingerprint density at radius 1 is 1.42 bits per heavy atom. The number of amides is 2. The first kappa shape index (κ1) is 16.7. The molecule has 1 saturated carbocycles. The quantitative estimate of drug-likeness (QED) is 0.865. The molecule has 0 bridgehead atoms. The lowest BCUT2D eigenvalue weighted by Gasteiger charge is -2.43. The fourth-order valence-corrected chi connectivity index (χ4v) is 4.07. The molecule has 2 amide bonds. The topological polar surface area (TPSA) is 62.3 Å². The van der Waals surface area contributed by atoms with Crippen LogP contribution in [0.15, 0.2) is 31.1 Å². The van der Waals surface area contributed by atoms with E-state index in [1.807, 2.05) is 24.0 Å². The van der Waals surface area contributed by atoms with Gasteiger partial charge in [0.25, 0.3) is 5.91 Å². The summed E-state index contributed by atoms with van der Waals surface area (Å²) < 4.78 is 0. The molecule has 0 radical (unpaired) electrons. The van der Waals surface area contributed by atoms with Gasteiger partial charge in [-0.25, -0.2) is 0 Å². The zero-order chi connectivity index (χ0) is 17.2. The summed E-state index contributed by atoms with van der Waals surface area (Å²) in [6.45, 7) is 6.33. The third-order valence-corrected chi connectivity index (χ3v) is 5.38. The number of nitrogens with one attached hydrogen (secondary N) is 1. The Morgan fingerprint density at radius 2 is 2.17 bits per heavy atom. The minimum absolute atomic E-state index is 0.0165. The van der Waals surface area contributed by atoms with Gasteiger partial charge in [0.1, 0.15) is 0 Å². The van der Waals surface area contributed by atoms with Crippen molar-refractivity contribution in [3.63, 3.8) is 0 Å². The first-order valence-electron chi connectivity index (χ1n) is 8.68. The van der Waals surface area contributed by atoms with Gasteiger partial charge in [-0.2, -0.15) is 0 Å². The van der Waals surface area contributed by atoms with Crippen molar-refractivity contribution in [2.75, 3.05) is 6.54 Å². The maximum Gasteiger partial charge on any atom is 0.253 e. The summed E-state index contributed by atoms with van der Waals surface area (Å²) >= 11 is 0. The van der Waals surface area contributed by atoms with E-state index in [0.717, 1.165) is 37.7 Å². The van der Waals surface area contributed by atoms with Crippen LogP contribution < -0.4 is 5.32 Å². The van der Waals surface area contributed by atoms with Gasteiger partial charge in [-0.3, -0.25) is 14.6 Å². The Balaban J connectivity index is 1.60. The Labute approximate surface area is 143 Å². The van der Waals surface area contributed by atoms with Crippen molar-refractivity contribution in [1.82, 2.24) is 15.2 Å². The number of likely N-dealkylation sites (tertiary alicyclic amines) is 1. The molecule has 0 atom stereocenters. The second kappa shape index (κ2) is 6.75. The van der Waals surface area contributed by atoms with Crippen molar-refractivity contribution in [2.45, 2.75) is 57.0 Å². The normalized spacial score (nSPS) is 26.6. The number of nitrogens with zero attached hydrogens (tertiary/aromatic N) is 2. The van der Waals surface area contributed by atoms with Crippen molar-refractivity contribution in [2.24, 2.45) is 0 Å². The van der Waals surface area contributed by atoms with Gasteiger partial charge in [0.05, 0.1) is 5.56 Å². The Morgan fingerprint density at radius 3 is 2.83 bits per heavy atom. The van der Waals surface area contributed by atoms with Crippen LogP contribution in [-0.4, -0.2) is 39.8 Å². The minimum atomic E-state index is -0.0578. The molecule has 1 N–H and O–H groups in total. The standard InChI is InChI=1S/C19H25N3O2/c1-3-10-22-17(23)6-9-19(22)7-4-16(5-8-19)21-18(24)15-11-14(2)12-20-13-15/h3,11-13,16H,1,4-10H2,2H3,(H,21,24). The maximum atomic E-state index is 12.4. The zero-order valence-electron chi connectivity index (χ0n) is 14.3. The van der Waals surface area contributed by atoms with Crippen LogP contribution >= 0.6 is 0 Å². The summed E-state index contributed by atoms with van der Waals surface area (Å²) in [5.74, 6) is 0.181. The van der Waals surface area contributed by atoms with Gasteiger partial charge >= 0.3 is 0 Å². The van der Waals surface area contributed by atoms with Crippen LogP contribution in [0.1, 0.15) is 54.4 Å². The van der Waals surface area contributed by atoms with Crippen molar-refractivity contribution < 1.29 is 9.59 Å². The molecule has 5 heteroatoms. The third kappa shape index (κ3) is 3.21. The first-order chi connectivity index (χ1) is 11.5. The summed E-state index contributed by atoms with van der Waals surface area (Å²) in [5, 5.41) is 3.12. The Kier molecular flexibility index (Phi) is 4.69. The van der Waals surface area contributed by atoms with E-state index >= 15 is 0 Å². The number of rotatable bonds is 4. The summed E-state index contributed by atoms with van der Waals surface area (Å²) in [7, 11) is 0. The van der Waals surface area contributed by atoms with E-state index in [2.05, 4.69) is 16.9 Å². The number of aryl methyl sites for hydroxylation is 1. The van der Waals surface area contributed by atoms with Crippen LogP contribution in [0.25, 0.3) is 0 Å². The summed E-state index contributed by atoms with van der Waals surface area (Å²) in [4.78, 5) is 30.6. The molecule has 1 aliphatic carbocycles. The molecule has 5 nitrogen and oxygen atoms in total. The molecule has 2 aliphatic rings. The maximum absolute atomic E-state index is 12.4. The highest BCUT2D eigenvalue weighted by atomic mass is 16.2. The molecule has 0 unspecified atom stereocenters. The molecule has 1 aromatic heterocycles. The molecule has 3 rings (SSSR count). The van der Waals surface area contributed by atoms with Gasteiger partial charge in [-0.15, -0.1) is 6.58 Å². The fourth-order valence-electron chi connectivity index (χ4n) is 4.07. The lowest BCUT2D eigenvalue weighted by atomic mass is 9.77. The van der Waals surface area contributed by atoms with Crippen molar-refractivity contribution >= 4 is 11.8 Å². The third-order valence-electron chi connectivity index (χ3n) is 5.38. The molecule has 1 aromatic rings. The largest absolute Gasteiger partial charge is 0.349 e. The molecule has 2 fully saturated rings. The van der Waals surface area contributed by atoms with Gasteiger partial charge < -0.3 is 10.2 Å². The average Bonchev–Trinajstić information content (AvgIpc) is 2.87. The second-order valence-corrected chi connectivity index (χ2v) is 7.02. The van der Waals surface area contributed by atoms with Crippen LogP contribution in [0, 0.1) is 6.92 Å². The van der Waals surface area contributed by atoms with E-state index in [4.69, 9.17) is 0 Å². The summed E-state index contributed by atoms with van der Waals surface area (Å²) in [6, 6.07) is 2.03. The van der Waals surface area contributed by atoms with Gasteiger partial charge in [0, 0.05) is 36.9 Å². The molecule has 1 spiro atoms. The highest BCUT2D eigenvalue weighted by Crippen LogP contribution is 2.42. The number of hydrogen-bond acceptors (Lipinski definition) is 3. The molecule has 24 heavy (non-hydrogen) atoms. The number of aromatic nitrogens is 1. The molecule has 2 heterocycles. The van der Waals surface area contributed by atoms with Crippen molar-refractivity contribution in [3.8, 4) is 0 Å². The van der Waals surface area contributed by atoms with Gasteiger partial charge in [0.2, 0.25) is 5.91 Å². The number of pyridine rings is 1. The highest BCUT2D eigenvalue weighted by molar-refractivity contribution is 5.94. The van der Waals surface area contributed by atoms with E-state index < -0.39 is 0 Å². The number of hydrogen-bond donors (Lipinski definition) is 1. The van der Waals surface area contributed by atoms with Gasteiger partial charge in [0.15, 0.2) is 0 Å². The van der Waals surface area contributed by atoms with E-state index in [-0.39, 0.29) is 23.4 Å². The van der Waals surface area contributed by atoms with E-state index in [9.17, 15) is 9.59 Å². The second-order valence-electron chi connectivity index (χ2n) is 7.02. The van der Waals surface area contributed by atoms with Crippen molar-refractivity contribution in [3.05, 3.63) is 42.2 Å². The zero-order valence-corrected chi connectivity index (χ0v) is 14.3. The number of carbonyl (C=O) groups excluding carboxylic acids is 2. The van der Waals surface area contributed by atoms with Crippen LogP contribution in [0.4, 0.5) is 0 Å². The van der Waals surface area contributed by atoms with E-state index in [1.165, 1.54) is 0 Å². The van der Waals surface area contributed by atoms with Gasteiger partial charge in [-0.05, 0) is 50.7 Å². The average molecular weight is 327 g/mol. The fraction of sp³-hybridized carbons (Fsp3) is 0.526. The molecular formula is C19H25N3O2. The monoisotopic (exact) mass is 327 g/mol. The predicted molar refractivity (Wildman–Crippen MR) is 92.6 cm³/mol. The molecular weight excluding hydrogens is 302 g/mol. The van der Waals surface area contributed by atoms with Crippen LogP contribution in [0.3, 0.4) is 0 Å². The Bertz CT molecular complexity index is 648. The summed E-state index contributed by atoms with van der Waals surface area (Å²) in [5.41, 5.74) is 1.58. The first-order valence-corrected chi connectivity index (χ1v) is 8.68. The van der Waals surface area contributed by atoms with E-state index in [0.29, 0.717) is 18.5 Å². The van der Waals surface area contributed by atoms with E-state index in [1.54, 1.807) is 12.4 Å². The predicted octanol–water partition coefficient (Wildman–Crippen LogP) is 2.61. The highest BCUT2D eigenvalue weighted by Gasteiger charge is 2.46. The molecule has 1 saturated heterocycles. The lowest BCUT2D eigenvalue weighted by Crippen LogP contribution is -2.51. The molecule has 1 aliphatic heterocycles. The van der Waals surface area contributed by atoms with Crippen LogP contribution in [0.2, 0.25) is 0 Å². The molecule has 128 valence electrons. The number of carbonyl (C=O) groups is 2. The van der Waals surface area contributed by atoms with Crippen LogP contribution in [-0.2, 0) is 4.79 Å². The SMILES string of the molecule is C=CCN1C(=O)CCC12CCC(NC(=O)c1cncc(C)c1)CC2.